The van der Waals surface area contributed by atoms with Crippen LogP contribution in [0.15, 0.2) is 6.33 Å². The van der Waals surface area contributed by atoms with Crippen molar-refractivity contribution in [1.82, 2.24) is 14.8 Å². The quantitative estimate of drug-likeness (QED) is 0.667. The van der Waals surface area contributed by atoms with Crippen LogP contribution < -0.4 is 0 Å². The van der Waals surface area contributed by atoms with Crippen LogP contribution in [0.5, 0.6) is 0 Å². The van der Waals surface area contributed by atoms with Crippen molar-refractivity contribution in [2.45, 2.75) is 26.3 Å². The Hall–Kier alpha value is -0.940. The molecule has 0 radical (unpaired) electrons. The van der Waals surface area contributed by atoms with Crippen molar-refractivity contribution in [3.8, 4) is 0 Å². The van der Waals surface area contributed by atoms with Gasteiger partial charge in [0.05, 0.1) is 0 Å². The molecule has 0 atom stereocenters. The number of nitrogens with zero attached hydrogens (tertiary/aromatic N) is 3. The Balaban J connectivity index is 2.60. The van der Waals surface area contributed by atoms with E-state index in [1.165, 1.54) is 6.33 Å². The highest BCUT2D eigenvalue weighted by Gasteiger charge is 2.11. The second-order valence-electron chi connectivity index (χ2n) is 3.33. The van der Waals surface area contributed by atoms with E-state index in [-0.39, 0.29) is 19.1 Å². The molecule has 0 amide bonds. The Kier molecular flexibility index (Phi) is 4.55. The van der Waals surface area contributed by atoms with Crippen LogP contribution in [0, 0.1) is 5.92 Å². The molecule has 14 heavy (non-hydrogen) atoms. The molecule has 2 N–H and O–H groups in total. The maximum absolute atomic E-state index is 8.93. The van der Waals surface area contributed by atoms with Gasteiger partial charge in [-0.25, -0.2) is 4.98 Å². The van der Waals surface area contributed by atoms with E-state index in [0.717, 1.165) is 18.8 Å². The molecule has 0 saturated heterocycles. The summed E-state index contributed by atoms with van der Waals surface area (Å²) in [5.41, 5.74) is 0. The van der Waals surface area contributed by atoms with Gasteiger partial charge in [0.25, 0.3) is 0 Å². The third kappa shape index (κ3) is 2.78. The molecule has 0 spiro atoms. The van der Waals surface area contributed by atoms with E-state index >= 15 is 0 Å². The molecule has 80 valence electrons. The lowest BCUT2D eigenvalue weighted by molar-refractivity contribution is 0.147. The Bertz CT molecular complexity index is 258. The maximum Gasteiger partial charge on any atom is 0.138 e. The zero-order valence-corrected chi connectivity index (χ0v) is 8.43. The molecule has 0 aliphatic rings. The molecule has 0 unspecified atom stereocenters. The first-order valence-electron chi connectivity index (χ1n) is 4.90. The lowest BCUT2D eigenvalue weighted by Crippen LogP contribution is -2.17. The number of rotatable bonds is 6. The first-order valence-corrected chi connectivity index (χ1v) is 4.90. The smallest absolute Gasteiger partial charge is 0.138 e. The average molecular weight is 199 g/mol. The number of aryl methyl sites for hydroxylation is 1. The van der Waals surface area contributed by atoms with Crippen LogP contribution >= 0.6 is 0 Å². The van der Waals surface area contributed by atoms with E-state index in [1.54, 1.807) is 0 Å². The van der Waals surface area contributed by atoms with Gasteiger partial charge in [-0.3, -0.25) is 4.68 Å². The highest BCUT2D eigenvalue weighted by atomic mass is 16.3. The van der Waals surface area contributed by atoms with Gasteiger partial charge in [-0.15, -0.1) is 0 Å². The van der Waals surface area contributed by atoms with Gasteiger partial charge in [0, 0.05) is 32.1 Å². The average Bonchev–Trinajstić information content (AvgIpc) is 2.62. The Morgan fingerprint density at radius 2 is 2.14 bits per heavy atom. The van der Waals surface area contributed by atoms with E-state index in [9.17, 15) is 0 Å². The van der Waals surface area contributed by atoms with Crippen LogP contribution in [-0.2, 0) is 13.0 Å². The van der Waals surface area contributed by atoms with Crippen molar-refractivity contribution < 1.29 is 10.2 Å². The van der Waals surface area contributed by atoms with Crippen LogP contribution in [0.25, 0.3) is 0 Å². The van der Waals surface area contributed by atoms with Crippen molar-refractivity contribution in [3.05, 3.63) is 12.2 Å². The second kappa shape index (κ2) is 5.72. The molecule has 1 heterocycles. The van der Waals surface area contributed by atoms with Gasteiger partial charge in [-0.1, -0.05) is 6.92 Å². The minimum absolute atomic E-state index is 0.0184. The highest BCUT2D eigenvalue weighted by molar-refractivity contribution is 4.87. The summed E-state index contributed by atoms with van der Waals surface area (Å²) in [6.07, 6.45) is 3.09. The number of aliphatic hydroxyl groups excluding tert-OH is 2. The molecular formula is C9H17N3O2. The van der Waals surface area contributed by atoms with Crippen LogP contribution in [0.1, 0.15) is 19.2 Å². The molecule has 0 aromatic carbocycles. The fourth-order valence-corrected chi connectivity index (χ4v) is 1.29. The SMILES string of the molecule is CCCn1ncnc1CC(CO)CO. The molecule has 0 saturated carbocycles. The lowest BCUT2D eigenvalue weighted by atomic mass is 10.1. The van der Waals surface area contributed by atoms with E-state index in [4.69, 9.17) is 10.2 Å². The van der Waals surface area contributed by atoms with E-state index in [0.29, 0.717) is 6.42 Å². The summed E-state index contributed by atoms with van der Waals surface area (Å²) in [4.78, 5) is 4.10. The van der Waals surface area contributed by atoms with Gasteiger partial charge >= 0.3 is 0 Å². The van der Waals surface area contributed by atoms with Crippen molar-refractivity contribution >= 4 is 0 Å². The summed E-state index contributed by atoms with van der Waals surface area (Å²) < 4.78 is 1.82. The summed E-state index contributed by atoms with van der Waals surface area (Å²) in [6, 6.07) is 0. The van der Waals surface area contributed by atoms with Gasteiger partial charge in [0.1, 0.15) is 12.2 Å². The molecule has 1 rings (SSSR count). The number of aliphatic hydroxyl groups is 2. The summed E-state index contributed by atoms with van der Waals surface area (Å²) in [5.74, 6) is 0.703. The van der Waals surface area contributed by atoms with Gasteiger partial charge < -0.3 is 10.2 Å². The third-order valence-electron chi connectivity index (χ3n) is 2.12. The monoisotopic (exact) mass is 199 g/mol. The Morgan fingerprint density at radius 3 is 2.71 bits per heavy atom. The largest absolute Gasteiger partial charge is 0.396 e. The molecule has 5 heteroatoms. The Labute approximate surface area is 83.4 Å². The molecule has 0 aliphatic heterocycles. The predicted octanol–water partition coefficient (Wildman–Crippen LogP) is -0.169. The zero-order chi connectivity index (χ0) is 10.4. The second-order valence-corrected chi connectivity index (χ2v) is 3.33. The first kappa shape index (κ1) is 11.1. The van der Waals surface area contributed by atoms with E-state index in [2.05, 4.69) is 17.0 Å². The van der Waals surface area contributed by atoms with Gasteiger partial charge in [-0.05, 0) is 6.42 Å². The van der Waals surface area contributed by atoms with Crippen molar-refractivity contribution in [2.24, 2.45) is 5.92 Å². The fourth-order valence-electron chi connectivity index (χ4n) is 1.29. The molecule has 5 nitrogen and oxygen atoms in total. The molecule has 1 aromatic heterocycles. The summed E-state index contributed by atoms with van der Waals surface area (Å²) in [5, 5.41) is 21.9. The van der Waals surface area contributed by atoms with Crippen LogP contribution in [0.4, 0.5) is 0 Å². The molecule has 0 aliphatic carbocycles. The third-order valence-corrected chi connectivity index (χ3v) is 2.12. The number of aromatic nitrogens is 3. The highest BCUT2D eigenvalue weighted by Crippen LogP contribution is 2.05. The number of hydrogen-bond donors (Lipinski definition) is 2. The predicted molar refractivity (Wildman–Crippen MR) is 51.7 cm³/mol. The van der Waals surface area contributed by atoms with Crippen LogP contribution in [0.3, 0.4) is 0 Å². The van der Waals surface area contributed by atoms with Crippen LogP contribution in [-0.4, -0.2) is 38.2 Å². The van der Waals surface area contributed by atoms with Gasteiger partial charge in [0.15, 0.2) is 0 Å². The lowest BCUT2D eigenvalue weighted by Gasteiger charge is -2.10. The molecular weight excluding hydrogens is 182 g/mol. The van der Waals surface area contributed by atoms with E-state index in [1.807, 2.05) is 4.68 Å². The molecule has 1 aromatic rings. The normalized spacial score (nSPS) is 11.1. The molecule has 0 bridgehead atoms. The summed E-state index contributed by atoms with van der Waals surface area (Å²) >= 11 is 0. The number of hydrogen-bond acceptors (Lipinski definition) is 4. The topological polar surface area (TPSA) is 71.2 Å². The van der Waals surface area contributed by atoms with Crippen molar-refractivity contribution in [1.29, 1.82) is 0 Å². The van der Waals surface area contributed by atoms with Gasteiger partial charge in [0.2, 0.25) is 0 Å². The summed E-state index contributed by atoms with van der Waals surface area (Å²) in [6.45, 7) is 2.87. The molecule has 0 fully saturated rings. The summed E-state index contributed by atoms with van der Waals surface area (Å²) in [7, 11) is 0. The van der Waals surface area contributed by atoms with Gasteiger partial charge in [-0.2, -0.15) is 5.10 Å². The minimum Gasteiger partial charge on any atom is -0.396 e. The minimum atomic E-state index is -0.130. The first-order chi connectivity index (χ1) is 6.81. The Morgan fingerprint density at radius 1 is 1.43 bits per heavy atom. The maximum atomic E-state index is 8.93. The zero-order valence-electron chi connectivity index (χ0n) is 8.43. The van der Waals surface area contributed by atoms with Crippen molar-refractivity contribution in [3.63, 3.8) is 0 Å². The van der Waals surface area contributed by atoms with Crippen LogP contribution in [0.2, 0.25) is 0 Å². The van der Waals surface area contributed by atoms with Crippen molar-refractivity contribution in [2.75, 3.05) is 13.2 Å². The standard InChI is InChI=1S/C9H17N3O2/c1-2-3-12-9(10-7-11-12)4-8(5-13)6-14/h7-8,13-14H,2-6H2,1H3. The van der Waals surface area contributed by atoms with E-state index < -0.39 is 0 Å². The fraction of sp³-hybridized carbons (Fsp3) is 0.778.